The highest BCUT2D eigenvalue weighted by Gasteiger charge is 2.15. The molecule has 150 valence electrons. The van der Waals surface area contributed by atoms with Gasteiger partial charge in [0, 0.05) is 61.8 Å². The van der Waals surface area contributed by atoms with Gasteiger partial charge in [0.2, 0.25) is 5.91 Å². The fourth-order valence-corrected chi connectivity index (χ4v) is 2.80. The van der Waals surface area contributed by atoms with Crippen LogP contribution in [-0.2, 0) is 17.9 Å². The largest absolute Gasteiger partial charge is 0.337 e. The highest BCUT2D eigenvalue weighted by molar-refractivity contribution is 5.97. The number of benzene rings is 2. The van der Waals surface area contributed by atoms with E-state index < -0.39 is 11.6 Å². The number of carbonyl (C=O) groups is 2. The maximum atomic E-state index is 13.8. The fraction of sp³-hybridized carbons (Fsp3) is 0.190. The van der Waals surface area contributed by atoms with E-state index in [0.29, 0.717) is 17.8 Å². The molecule has 0 unspecified atom stereocenters. The summed E-state index contributed by atoms with van der Waals surface area (Å²) in [4.78, 5) is 30.0. The van der Waals surface area contributed by atoms with Gasteiger partial charge < -0.3 is 14.8 Å². The van der Waals surface area contributed by atoms with E-state index in [2.05, 4.69) is 10.3 Å². The lowest BCUT2D eigenvalue weighted by Gasteiger charge is -2.18. The number of imidazole rings is 1. The van der Waals surface area contributed by atoms with E-state index >= 15 is 0 Å². The molecule has 0 spiro atoms. The molecule has 6 nitrogen and oxygen atoms in total. The number of nitrogens with one attached hydrogen (secondary N) is 1. The molecule has 0 fully saturated rings. The molecule has 1 heterocycles. The zero-order valence-corrected chi connectivity index (χ0v) is 15.8. The van der Waals surface area contributed by atoms with Crippen molar-refractivity contribution in [2.24, 2.45) is 0 Å². The second-order valence-corrected chi connectivity index (χ2v) is 6.58. The Labute approximate surface area is 166 Å². The molecule has 3 rings (SSSR count). The Morgan fingerprint density at radius 3 is 2.72 bits per heavy atom. The number of hydrogen-bond donors (Lipinski definition) is 1. The van der Waals surface area contributed by atoms with Crippen molar-refractivity contribution >= 4 is 17.5 Å². The number of hydrogen-bond acceptors (Lipinski definition) is 3. The molecule has 2 aromatic carbocycles. The zero-order valence-electron chi connectivity index (χ0n) is 15.8. The van der Waals surface area contributed by atoms with Crippen LogP contribution in [0.2, 0.25) is 0 Å². The van der Waals surface area contributed by atoms with E-state index in [1.807, 2.05) is 0 Å². The van der Waals surface area contributed by atoms with E-state index in [4.69, 9.17) is 0 Å². The first-order valence-corrected chi connectivity index (χ1v) is 8.97. The van der Waals surface area contributed by atoms with Crippen molar-refractivity contribution in [1.29, 1.82) is 0 Å². The lowest BCUT2D eigenvalue weighted by atomic mass is 10.1. The Balaban J connectivity index is 1.61. The Hall–Kier alpha value is -3.55. The minimum Gasteiger partial charge on any atom is -0.337 e. The van der Waals surface area contributed by atoms with Gasteiger partial charge in [-0.15, -0.1) is 0 Å². The van der Waals surface area contributed by atoms with Gasteiger partial charge in [-0.05, 0) is 24.3 Å². The van der Waals surface area contributed by atoms with Crippen LogP contribution in [0.25, 0.3) is 0 Å². The van der Waals surface area contributed by atoms with Crippen LogP contribution in [-0.4, -0.2) is 33.3 Å². The Kier molecular flexibility index (Phi) is 6.33. The Morgan fingerprint density at radius 2 is 2.00 bits per heavy atom. The smallest absolute Gasteiger partial charge is 0.253 e. The van der Waals surface area contributed by atoms with E-state index in [1.165, 1.54) is 18.0 Å². The molecular formula is C21H20F2N4O2. The topological polar surface area (TPSA) is 67.2 Å². The summed E-state index contributed by atoms with van der Waals surface area (Å²) in [5, 5.41) is 2.76. The van der Waals surface area contributed by atoms with Crippen molar-refractivity contribution in [2.45, 2.75) is 19.5 Å². The first-order valence-electron chi connectivity index (χ1n) is 8.97. The second-order valence-electron chi connectivity index (χ2n) is 6.58. The van der Waals surface area contributed by atoms with Gasteiger partial charge >= 0.3 is 0 Å². The standard InChI is InChI=1S/C21H20F2N4O2/c1-26(13-16-5-6-17(22)12-19(16)23)21(29)15-3-2-4-18(11-15)25-20(28)7-9-27-10-8-24-14-27/h2-6,8,10-12,14H,7,9,13H2,1H3,(H,25,28). The quantitative estimate of drug-likeness (QED) is 0.663. The molecule has 8 heteroatoms. The maximum Gasteiger partial charge on any atom is 0.253 e. The van der Waals surface area contributed by atoms with E-state index in [0.717, 1.165) is 12.1 Å². The van der Waals surface area contributed by atoms with Gasteiger partial charge in [-0.1, -0.05) is 12.1 Å². The van der Waals surface area contributed by atoms with Crippen LogP contribution in [0.5, 0.6) is 0 Å². The molecule has 0 aliphatic carbocycles. The second kappa shape index (κ2) is 9.09. The molecule has 1 aromatic heterocycles. The first kappa shape index (κ1) is 20.2. The molecule has 29 heavy (non-hydrogen) atoms. The Bertz CT molecular complexity index is 1010. The lowest BCUT2D eigenvalue weighted by molar-refractivity contribution is -0.116. The van der Waals surface area contributed by atoms with Gasteiger partial charge in [0.1, 0.15) is 11.6 Å². The van der Waals surface area contributed by atoms with Crippen LogP contribution < -0.4 is 5.32 Å². The average Bonchev–Trinajstić information content (AvgIpc) is 3.22. The molecule has 1 N–H and O–H groups in total. The van der Waals surface area contributed by atoms with Gasteiger partial charge in [0.25, 0.3) is 5.91 Å². The van der Waals surface area contributed by atoms with Gasteiger partial charge in [0.15, 0.2) is 0 Å². The van der Waals surface area contributed by atoms with E-state index in [1.54, 1.807) is 47.6 Å². The zero-order chi connectivity index (χ0) is 20.8. The normalized spacial score (nSPS) is 10.6. The number of rotatable bonds is 7. The monoisotopic (exact) mass is 398 g/mol. The highest BCUT2D eigenvalue weighted by atomic mass is 19.1. The summed E-state index contributed by atoms with van der Waals surface area (Å²) in [5.74, 6) is -1.91. The molecule has 2 amide bonds. The minimum atomic E-state index is -0.705. The summed E-state index contributed by atoms with van der Waals surface area (Å²) in [5.41, 5.74) is 1.06. The summed E-state index contributed by atoms with van der Waals surface area (Å²) in [7, 11) is 1.53. The third-order valence-electron chi connectivity index (χ3n) is 4.32. The number of nitrogens with zero attached hydrogens (tertiary/aromatic N) is 3. The molecule has 0 saturated carbocycles. The third-order valence-corrected chi connectivity index (χ3v) is 4.32. The van der Waals surface area contributed by atoms with E-state index in [9.17, 15) is 18.4 Å². The molecule has 0 atom stereocenters. The van der Waals surface area contributed by atoms with Gasteiger partial charge in [-0.25, -0.2) is 13.8 Å². The summed E-state index contributed by atoms with van der Waals surface area (Å²) in [6.07, 6.45) is 5.30. The van der Waals surface area contributed by atoms with Crippen LogP contribution in [0, 0.1) is 11.6 Å². The predicted molar refractivity (Wildman–Crippen MR) is 104 cm³/mol. The summed E-state index contributed by atoms with van der Waals surface area (Å²) >= 11 is 0. The van der Waals surface area contributed by atoms with Crippen molar-refractivity contribution in [3.63, 3.8) is 0 Å². The average molecular weight is 398 g/mol. The number of halogens is 2. The SMILES string of the molecule is CN(Cc1ccc(F)cc1F)C(=O)c1cccc(NC(=O)CCn2ccnc2)c1. The van der Waals surface area contributed by atoms with Gasteiger partial charge in [0.05, 0.1) is 6.33 Å². The molecular weight excluding hydrogens is 378 g/mol. The van der Waals surface area contributed by atoms with Crippen molar-refractivity contribution in [3.05, 3.63) is 83.9 Å². The third kappa shape index (κ3) is 5.47. The van der Waals surface area contributed by atoms with Crippen LogP contribution in [0.1, 0.15) is 22.3 Å². The maximum absolute atomic E-state index is 13.8. The van der Waals surface area contributed by atoms with Crippen molar-refractivity contribution in [1.82, 2.24) is 14.5 Å². The van der Waals surface area contributed by atoms with Gasteiger partial charge in [-0.2, -0.15) is 0 Å². The molecule has 0 aliphatic heterocycles. The van der Waals surface area contributed by atoms with Gasteiger partial charge in [-0.3, -0.25) is 9.59 Å². The highest BCUT2D eigenvalue weighted by Crippen LogP contribution is 2.16. The molecule has 0 saturated heterocycles. The molecule has 3 aromatic rings. The van der Waals surface area contributed by atoms with Crippen LogP contribution in [0.15, 0.2) is 61.2 Å². The number of anilines is 1. The van der Waals surface area contributed by atoms with Crippen molar-refractivity contribution < 1.29 is 18.4 Å². The van der Waals surface area contributed by atoms with Crippen molar-refractivity contribution in [2.75, 3.05) is 12.4 Å². The van der Waals surface area contributed by atoms with Crippen molar-refractivity contribution in [3.8, 4) is 0 Å². The minimum absolute atomic E-state index is 0.00750. The number of aromatic nitrogens is 2. The Morgan fingerprint density at radius 1 is 1.17 bits per heavy atom. The number of carbonyl (C=O) groups excluding carboxylic acids is 2. The van der Waals surface area contributed by atoms with E-state index in [-0.39, 0.29) is 30.3 Å². The number of aryl methyl sites for hydroxylation is 1. The molecule has 0 bridgehead atoms. The first-order chi connectivity index (χ1) is 13.9. The molecule has 0 radical (unpaired) electrons. The summed E-state index contributed by atoms with van der Waals surface area (Å²) in [6, 6.07) is 9.77. The molecule has 0 aliphatic rings. The lowest BCUT2D eigenvalue weighted by Crippen LogP contribution is -2.26. The summed E-state index contributed by atoms with van der Waals surface area (Å²) in [6.45, 7) is 0.489. The summed E-state index contributed by atoms with van der Waals surface area (Å²) < 4.78 is 28.7. The van der Waals surface area contributed by atoms with Crippen LogP contribution in [0.4, 0.5) is 14.5 Å². The number of amides is 2. The fourth-order valence-electron chi connectivity index (χ4n) is 2.80. The van der Waals surface area contributed by atoms with Crippen LogP contribution >= 0.6 is 0 Å². The van der Waals surface area contributed by atoms with Crippen LogP contribution in [0.3, 0.4) is 0 Å². The predicted octanol–water partition coefficient (Wildman–Crippen LogP) is 3.46.